The third-order valence-electron chi connectivity index (χ3n) is 2.24. The molecule has 0 saturated carbocycles. The maximum absolute atomic E-state index is 11.9. The molecule has 0 aromatic carbocycles. The van der Waals surface area contributed by atoms with Crippen LogP contribution in [0.4, 0.5) is 0 Å². The Morgan fingerprint density at radius 3 is 2.76 bits per heavy atom. The monoisotopic (exact) mass is 251 g/mol. The van der Waals surface area contributed by atoms with E-state index in [-0.39, 0.29) is 5.91 Å². The molecule has 0 unspecified atom stereocenters. The van der Waals surface area contributed by atoms with Crippen LogP contribution in [0.2, 0.25) is 0 Å². The molecule has 0 radical (unpaired) electrons. The summed E-state index contributed by atoms with van der Waals surface area (Å²) in [6.45, 7) is 3.73. The fourth-order valence-electron chi connectivity index (χ4n) is 1.47. The number of hydrogen-bond acceptors (Lipinski definition) is 5. The van der Waals surface area contributed by atoms with Gasteiger partial charge in [-0.2, -0.15) is 5.10 Å². The van der Waals surface area contributed by atoms with Gasteiger partial charge in [-0.05, 0) is 19.9 Å². The molecule has 0 saturated heterocycles. The van der Waals surface area contributed by atoms with E-state index < -0.39 is 0 Å². The smallest absolute Gasteiger partial charge is 0.257 e. The van der Waals surface area contributed by atoms with Crippen LogP contribution in [0.1, 0.15) is 16.2 Å². The zero-order valence-corrected chi connectivity index (χ0v) is 10.7. The number of aromatic nitrogens is 5. The van der Waals surface area contributed by atoms with E-state index >= 15 is 0 Å². The van der Waals surface area contributed by atoms with Crippen molar-refractivity contribution in [1.29, 1.82) is 0 Å². The Labute approximate surface area is 103 Å². The van der Waals surface area contributed by atoms with Crippen molar-refractivity contribution in [2.24, 2.45) is 7.05 Å². The number of thioether (sulfide) groups is 1. The third kappa shape index (κ3) is 2.55. The standard InChI is InChI=1S/C10H13N5OS/c1-7-4-8(2)15(13-7)9(16)5-17-10-12-11-6-14(10)3/h4,6H,5H2,1-3H3. The van der Waals surface area contributed by atoms with Crippen molar-refractivity contribution in [3.05, 3.63) is 23.8 Å². The summed E-state index contributed by atoms with van der Waals surface area (Å²) in [6.07, 6.45) is 1.61. The van der Waals surface area contributed by atoms with Gasteiger partial charge in [0.15, 0.2) is 5.16 Å². The van der Waals surface area contributed by atoms with Gasteiger partial charge in [-0.25, -0.2) is 4.68 Å². The van der Waals surface area contributed by atoms with Crippen LogP contribution in [0.25, 0.3) is 0 Å². The number of carbonyl (C=O) groups is 1. The fraction of sp³-hybridized carbons (Fsp3) is 0.400. The molecule has 0 aliphatic carbocycles. The number of aryl methyl sites for hydroxylation is 3. The van der Waals surface area contributed by atoms with Crippen LogP contribution >= 0.6 is 11.8 Å². The minimum atomic E-state index is -0.0522. The second-order valence-electron chi connectivity index (χ2n) is 3.75. The predicted octanol–water partition coefficient (Wildman–Crippen LogP) is 1.06. The van der Waals surface area contributed by atoms with Crippen molar-refractivity contribution < 1.29 is 4.79 Å². The summed E-state index contributed by atoms with van der Waals surface area (Å²) < 4.78 is 3.21. The first kappa shape index (κ1) is 11.8. The molecule has 0 aliphatic rings. The molecular formula is C10H13N5OS. The minimum absolute atomic E-state index is 0.0522. The Hall–Kier alpha value is -1.63. The molecule has 0 atom stereocenters. The first-order chi connectivity index (χ1) is 8.08. The molecule has 6 nitrogen and oxygen atoms in total. The molecule has 17 heavy (non-hydrogen) atoms. The van der Waals surface area contributed by atoms with Crippen LogP contribution in [-0.2, 0) is 7.05 Å². The van der Waals surface area contributed by atoms with E-state index in [4.69, 9.17) is 0 Å². The molecule has 2 aromatic rings. The van der Waals surface area contributed by atoms with Crippen molar-refractivity contribution in [3.8, 4) is 0 Å². The summed E-state index contributed by atoms with van der Waals surface area (Å²) in [7, 11) is 1.84. The Bertz CT molecular complexity index is 545. The van der Waals surface area contributed by atoms with E-state index in [1.807, 2.05) is 27.0 Å². The molecule has 7 heteroatoms. The molecule has 2 heterocycles. The van der Waals surface area contributed by atoms with Gasteiger partial charge in [0, 0.05) is 12.7 Å². The highest BCUT2D eigenvalue weighted by Gasteiger charge is 2.12. The number of nitrogens with zero attached hydrogens (tertiary/aromatic N) is 5. The van der Waals surface area contributed by atoms with E-state index in [1.165, 1.54) is 16.4 Å². The van der Waals surface area contributed by atoms with Crippen LogP contribution in [0.3, 0.4) is 0 Å². The molecule has 90 valence electrons. The Morgan fingerprint density at radius 2 is 2.24 bits per heavy atom. The molecule has 0 bridgehead atoms. The van der Waals surface area contributed by atoms with E-state index in [2.05, 4.69) is 15.3 Å². The lowest BCUT2D eigenvalue weighted by Crippen LogP contribution is -2.16. The van der Waals surface area contributed by atoms with Gasteiger partial charge >= 0.3 is 0 Å². The summed E-state index contributed by atoms with van der Waals surface area (Å²) in [5.74, 6) is 0.248. The molecule has 0 spiro atoms. The quantitative estimate of drug-likeness (QED) is 0.763. The molecular weight excluding hydrogens is 238 g/mol. The predicted molar refractivity (Wildman–Crippen MR) is 64.1 cm³/mol. The van der Waals surface area contributed by atoms with Gasteiger partial charge in [0.05, 0.1) is 11.4 Å². The summed E-state index contributed by atoms with van der Waals surface area (Å²) in [4.78, 5) is 11.9. The number of rotatable bonds is 3. The minimum Gasteiger partial charge on any atom is -0.312 e. The lowest BCUT2D eigenvalue weighted by Gasteiger charge is -2.02. The van der Waals surface area contributed by atoms with Gasteiger partial charge < -0.3 is 4.57 Å². The van der Waals surface area contributed by atoms with E-state index in [9.17, 15) is 4.79 Å². The zero-order chi connectivity index (χ0) is 12.4. The van der Waals surface area contributed by atoms with Crippen LogP contribution in [-0.4, -0.2) is 36.2 Å². The van der Waals surface area contributed by atoms with E-state index in [0.717, 1.165) is 16.5 Å². The molecule has 0 amide bonds. The van der Waals surface area contributed by atoms with Crippen LogP contribution in [0.15, 0.2) is 17.6 Å². The maximum atomic E-state index is 11.9. The normalized spacial score (nSPS) is 10.8. The van der Waals surface area contributed by atoms with Gasteiger partial charge in [0.25, 0.3) is 5.91 Å². The van der Waals surface area contributed by atoms with Crippen LogP contribution in [0, 0.1) is 13.8 Å². The third-order valence-corrected chi connectivity index (χ3v) is 3.26. The summed E-state index contributed by atoms with van der Waals surface area (Å²) in [6, 6.07) is 1.88. The van der Waals surface area contributed by atoms with E-state index in [0.29, 0.717) is 5.75 Å². The van der Waals surface area contributed by atoms with Crippen LogP contribution in [0.5, 0.6) is 0 Å². The van der Waals surface area contributed by atoms with Crippen molar-refractivity contribution in [1.82, 2.24) is 24.5 Å². The van der Waals surface area contributed by atoms with E-state index in [1.54, 1.807) is 10.9 Å². The summed E-state index contributed by atoms with van der Waals surface area (Å²) in [5, 5.41) is 12.5. The molecule has 0 fully saturated rings. The van der Waals surface area contributed by atoms with Crippen molar-refractivity contribution in [2.45, 2.75) is 19.0 Å². The molecule has 0 N–H and O–H groups in total. The maximum Gasteiger partial charge on any atom is 0.257 e. The van der Waals surface area contributed by atoms with Gasteiger partial charge in [-0.15, -0.1) is 10.2 Å². The van der Waals surface area contributed by atoms with Gasteiger partial charge in [-0.1, -0.05) is 11.8 Å². The summed E-state index contributed by atoms with van der Waals surface area (Å²) >= 11 is 1.35. The second-order valence-corrected chi connectivity index (χ2v) is 4.69. The fourth-order valence-corrected chi connectivity index (χ4v) is 2.20. The Kier molecular flexibility index (Phi) is 3.28. The molecule has 2 rings (SSSR count). The van der Waals surface area contributed by atoms with Crippen molar-refractivity contribution in [3.63, 3.8) is 0 Å². The topological polar surface area (TPSA) is 65.6 Å². The molecule has 2 aromatic heterocycles. The molecule has 0 aliphatic heterocycles. The average Bonchev–Trinajstić information content (AvgIpc) is 2.81. The number of carbonyl (C=O) groups excluding carboxylic acids is 1. The van der Waals surface area contributed by atoms with Gasteiger partial charge in [0.2, 0.25) is 0 Å². The van der Waals surface area contributed by atoms with Crippen molar-refractivity contribution in [2.75, 3.05) is 5.75 Å². The zero-order valence-electron chi connectivity index (χ0n) is 9.91. The Morgan fingerprint density at radius 1 is 1.47 bits per heavy atom. The largest absolute Gasteiger partial charge is 0.312 e. The first-order valence-electron chi connectivity index (χ1n) is 5.11. The highest BCUT2D eigenvalue weighted by Crippen LogP contribution is 2.14. The first-order valence-corrected chi connectivity index (χ1v) is 6.10. The lowest BCUT2D eigenvalue weighted by molar-refractivity contribution is 0.0924. The summed E-state index contributed by atoms with van der Waals surface area (Å²) in [5.41, 5.74) is 1.70. The van der Waals surface area contributed by atoms with Gasteiger partial charge in [-0.3, -0.25) is 4.79 Å². The second kappa shape index (κ2) is 4.70. The SMILES string of the molecule is Cc1cc(C)n(C(=O)CSc2nncn2C)n1. The van der Waals surface area contributed by atoms with Gasteiger partial charge in [0.1, 0.15) is 6.33 Å². The van der Waals surface area contributed by atoms with Crippen molar-refractivity contribution >= 4 is 17.7 Å². The Balaban J connectivity index is 2.03. The highest BCUT2D eigenvalue weighted by molar-refractivity contribution is 7.99. The number of hydrogen-bond donors (Lipinski definition) is 0. The highest BCUT2D eigenvalue weighted by atomic mass is 32.2. The lowest BCUT2D eigenvalue weighted by atomic mass is 10.4. The average molecular weight is 251 g/mol. The van der Waals surface area contributed by atoms with Crippen LogP contribution < -0.4 is 0 Å².